The number of rotatable bonds is 24. The molecule has 0 saturated heterocycles. The van der Waals surface area contributed by atoms with Gasteiger partial charge >= 0.3 is 25.2 Å². The average molecular weight is 1360 g/mol. The minimum Gasteiger partial charge on any atom is -0.476 e. The Bertz CT molecular complexity index is 3150. The Morgan fingerprint density at radius 3 is 1.38 bits per heavy atom. The van der Waals surface area contributed by atoms with Gasteiger partial charge in [0.05, 0.1) is 24.3 Å². The molecule has 17 nitrogen and oxygen atoms in total. The van der Waals surface area contributed by atoms with Gasteiger partial charge in [-0.25, -0.2) is 0 Å². The first-order valence-corrected chi connectivity index (χ1v) is 32.1. The van der Waals surface area contributed by atoms with Crippen LogP contribution in [0.2, 0.25) is 5.02 Å². The van der Waals surface area contributed by atoms with Gasteiger partial charge in [-0.1, -0.05) is 23.7 Å². The van der Waals surface area contributed by atoms with Crippen LogP contribution in [0.5, 0.6) is 11.5 Å². The summed E-state index contributed by atoms with van der Waals surface area (Å²) >= 11 is 5.90. The van der Waals surface area contributed by atoms with Gasteiger partial charge in [0, 0.05) is 73.0 Å². The number of amides is 7. The second kappa shape index (κ2) is 32.2. The number of nitrogens with zero attached hydrogens (tertiary/aromatic N) is 5. The fraction of sp³-hybridized carbons (Fsp3) is 0.621. The lowest BCUT2D eigenvalue weighted by atomic mass is 9.82. The van der Waals surface area contributed by atoms with E-state index in [0.717, 1.165) is 30.6 Å². The van der Waals surface area contributed by atoms with Gasteiger partial charge < -0.3 is 49.9 Å². The van der Waals surface area contributed by atoms with Crippen LogP contribution in [0.25, 0.3) is 0 Å². The fourth-order valence-electron chi connectivity index (χ4n) is 12.7. The summed E-state index contributed by atoms with van der Waals surface area (Å²) in [5.74, 6) is -3.85. The highest BCUT2D eigenvalue weighted by atomic mass is 35.5. The number of carbonyl (C=O) groups is 7. The van der Waals surface area contributed by atoms with Crippen molar-refractivity contribution in [3.05, 3.63) is 81.4 Å². The van der Waals surface area contributed by atoms with E-state index in [-0.39, 0.29) is 99.2 Å². The van der Waals surface area contributed by atoms with Gasteiger partial charge in [-0.2, -0.15) is 43.9 Å². The molecule has 94 heavy (non-hydrogen) atoms. The van der Waals surface area contributed by atoms with E-state index in [4.69, 9.17) is 21.1 Å². The van der Waals surface area contributed by atoms with Gasteiger partial charge in [0.25, 0.3) is 35.4 Å². The van der Waals surface area contributed by atoms with Gasteiger partial charge in [0.2, 0.25) is 5.91 Å². The number of hydrogen-bond acceptors (Lipinski definition) is 10. The molecule has 3 aromatic carbocycles. The van der Waals surface area contributed by atoms with E-state index in [2.05, 4.69) is 16.0 Å². The maximum Gasteiger partial charge on any atom is 0.406 e. The lowest BCUT2D eigenvalue weighted by Crippen LogP contribution is -2.54. The summed E-state index contributed by atoms with van der Waals surface area (Å²) in [5.41, 5.74) is 0.592. The maximum absolute atomic E-state index is 14.2. The molecule has 7 amide bonds. The number of carbonyl (C=O) groups excluding carboxylic acids is 7. The highest BCUT2D eigenvalue weighted by Crippen LogP contribution is 2.43. The molecule has 0 radical (unpaired) electrons. The van der Waals surface area contributed by atoms with Crippen molar-refractivity contribution in [3.8, 4) is 11.5 Å². The quantitative estimate of drug-likeness (QED) is 0.0575. The van der Waals surface area contributed by atoms with E-state index in [1.807, 2.05) is 32.6 Å². The average Bonchev–Trinajstić information content (AvgIpc) is 0.761. The molecule has 3 aromatic rings. The van der Waals surface area contributed by atoms with Crippen molar-refractivity contribution >= 4 is 64.3 Å². The molecule has 7 rings (SSSR count). The number of anilines is 2. The molecule has 522 valence electrons. The van der Waals surface area contributed by atoms with E-state index in [1.54, 1.807) is 95.0 Å². The van der Waals surface area contributed by atoms with Crippen LogP contribution in [0, 0.1) is 25.7 Å². The number of nitrogens with one attached hydrogen (secondary N) is 3. The van der Waals surface area contributed by atoms with Crippen LogP contribution in [-0.2, 0) is 30.4 Å². The maximum atomic E-state index is 14.2. The van der Waals surface area contributed by atoms with Gasteiger partial charge in [0.1, 0.15) is 18.0 Å². The van der Waals surface area contributed by atoms with Crippen LogP contribution in [0.15, 0.2) is 48.5 Å². The van der Waals surface area contributed by atoms with Crippen LogP contribution in [-0.4, -0.2) is 169 Å². The van der Waals surface area contributed by atoms with E-state index in [1.165, 1.54) is 9.80 Å². The largest absolute Gasteiger partial charge is 0.476 e. The SMILES string of the molecule is Cc1cc2c(cc1C(=O)N(C(C)C)C1CCC(CCN(CC(F)(F)F)C(=O)Cc3ccc(Cl)cc3)CC1)N(CCNC(=O)C(F)F)C(=O)C(C)(C)O2.Cc1cc2c(cc1C(=O)N(C(C)C)C1CCC(CCNCC(F)(F)F)CC1)N(CCNC(=O)C(F)F)C(=O)C(C)(C)O2. The Morgan fingerprint density at radius 2 is 1.01 bits per heavy atom. The van der Waals surface area contributed by atoms with Crippen molar-refractivity contribution in [2.45, 2.75) is 200 Å². The van der Waals surface area contributed by atoms with Crippen molar-refractivity contribution in [1.29, 1.82) is 0 Å². The van der Waals surface area contributed by atoms with Crippen LogP contribution in [0.4, 0.5) is 55.3 Å². The zero-order valence-electron chi connectivity index (χ0n) is 54.7. The first kappa shape index (κ1) is 76.1. The summed E-state index contributed by atoms with van der Waals surface area (Å²) in [6.07, 6.45) is -8.70. The third-order valence-corrected chi connectivity index (χ3v) is 17.7. The Hall–Kier alpha value is -6.90. The van der Waals surface area contributed by atoms with E-state index in [9.17, 15) is 77.5 Å². The third kappa shape index (κ3) is 20.6. The molecule has 0 atom stereocenters. The molecule has 2 aliphatic heterocycles. The standard InChI is InChI=1S/C37H46ClF5N4O5.C29H41F5N4O4/c1-22(2)47(27-12-8-24(9-13-27)14-16-45(21-37(41,42)43)31(48)19-25-6-10-26(38)11-7-25)34(50)28-20-29-30(18-23(28)3)52-36(4,5)35(51)46(29)17-15-44-33(49)32(39)40;1-17(2)38(20-8-6-19(7-9-20)10-11-35-16-29(32,33)34)26(40)21-15-22-23(14-18(21)3)42-28(4,5)27(41)37(22)13-12-36-25(39)24(30)31/h6-7,10-11,18,20,22,24,27,32H,8-9,12-17,19,21H2,1-5H3,(H,44,49);14-15,17,19-20,24,35H,6-13,16H2,1-5H3,(H,36,39). The number of fused-ring (bicyclic) bond motifs is 2. The third-order valence-electron chi connectivity index (χ3n) is 17.4. The summed E-state index contributed by atoms with van der Waals surface area (Å²) in [6, 6.07) is 12.3. The Labute approximate surface area is 547 Å². The smallest absolute Gasteiger partial charge is 0.406 e. The summed E-state index contributed by atoms with van der Waals surface area (Å²) < 4.78 is 140. The molecule has 2 heterocycles. The lowest BCUT2D eigenvalue weighted by Gasteiger charge is -2.41. The Kier molecular flexibility index (Phi) is 26.1. The molecule has 3 N–H and O–H groups in total. The van der Waals surface area contributed by atoms with Crippen molar-refractivity contribution in [2.75, 3.05) is 62.2 Å². The fourth-order valence-corrected chi connectivity index (χ4v) is 12.8. The minimum atomic E-state index is -4.54. The highest BCUT2D eigenvalue weighted by Gasteiger charge is 2.45. The summed E-state index contributed by atoms with van der Waals surface area (Å²) in [5, 5.41) is 7.13. The molecule has 2 aliphatic carbocycles. The number of ether oxygens (including phenoxy) is 2. The molecule has 0 aromatic heterocycles. The monoisotopic (exact) mass is 1360 g/mol. The van der Waals surface area contributed by atoms with Crippen LogP contribution in [0.3, 0.4) is 0 Å². The normalized spacial score (nSPS) is 19.4. The van der Waals surface area contributed by atoms with Gasteiger partial charge in [-0.3, -0.25) is 33.6 Å². The van der Waals surface area contributed by atoms with Gasteiger partial charge in [0.15, 0.2) is 11.2 Å². The molecule has 2 saturated carbocycles. The molecular formula is C66H87ClF10N8O9. The van der Waals surface area contributed by atoms with Crippen LogP contribution in [0.1, 0.15) is 157 Å². The topological polar surface area (TPSA) is 190 Å². The minimum absolute atomic E-state index is 0.0394. The van der Waals surface area contributed by atoms with E-state index < -0.39 is 79.0 Å². The first-order chi connectivity index (χ1) is 43.8. The van der Waals surface area contributed by atoms with Crippen molar-refractivity contribution in [2.24, 2.45) is 11.8 Å². The zero-order valence-corrected chi connectivity index (χ0v) is 55.5. The van der Waals surface area contributed by atoms with E-state index in [0.29, 0.717) is 88.6 Å². The first-order valence-electron chi connectivity index (χ1n) is 31.7. The second-order valence-corrected chi connectivity index (χ2v) is 26.6. The highest BCUT2D eigenvalue weighted by molar-refractivity contribution is 6.30. The summed E-state index contributed by atoms with van der Waals surface area (Å²) in [4.78, 5) is 97.7. The number of halogens is 11. The predicted octanol–water partition coefficient (Wildman–Crippen LogP) is 11.8. The number of alkyl halides is 10. The number of benzene rings is 3. The molecule has 2 fully saturated rings. The molecular weight excluding hydrogens is 1270 g/mol. The lowest BCUT2D eigenvalue weighted by molar-refractivity contribution is -0.161. The second-order valence-electron chi connectivity index (χ2n) is 26.2. The predicted molar refractivity (Wildman–Crippen MR) is 335 cm³/mol. The number of hydrogen-bond donors (Lipinski definition) is 3. The summed E-state index contributed by atoms with van der Waals surface area (Å²) in [6.45, 7) is 14.7. The van der Waals surface area contributed by atoms with Crippen molar-refractivity contribution < 1.29 is 86.9 Å². The molecule has 4 aliphatic rings. The van der Waals surface area contributed by atoms with Crippen LogP contribution < -0.4 is 35.2 Å². The van der Waals surface area contributed by atoms with Crippen molar-refractivity contribution in [3.63, 3.8) is 0 Å². The van der Waals surface area contributed by atoms with Gasteiger partial charge in [-0.15, -0.1) is 0 Å². The van der Waals surface area contributed by atoms with E-state index >= 15 is 0 Å². The molecule has 0 unspecified atom stereocenters. The summed E-state index contributed by atoms with van der Waals surface area (Å²) in [7, 11) is 0. The zero-order chi connectivity index (χ0) is 69.9. The molecule has 0 spiro atoms. The Balaban J connectivity index is 0.000000305. The number of aryl methyl sites for hydroxylation is 2. The van der Waals surface area contributed by atoms with Crippen LogP contribution >= 0.6 is 11.6 Å². The molecule has 0 bridgehead atoms. The van der Waals surface area contributed by atoms with Gasteiger partial charge in [-0.05, 0) is 205 Å². The molecule has 28 heteroatoms. The van der Waals surface area contributed by atoms with Crippen molar-refractivity contribution in [1.82, 2.24) is 30.7 Å². The Morgan fingerprint density at radius 1 is 0.606 bits per heavy atom.